The summed E-state index contributed by atoms with van der Waals surface area (Å²) in [5, 5.41) is 11.4. The van der Waals surface area contributed by atoms with E-state index in [9.17, 15) is 8.78 Å². The number of ether oxygens (including phenoxy) is 2. The maximum atomic E-state index is 13.8. The molecule has 0 amide bonds. The maximum Gasteiger partial charge on any atom is 0.231 e. The van der Waals surface area contributed by atoms with E-state index in [1.54, 1.807) is 6.07 Å². The second kappa shape index (κ2) is 4.70. The van der Waals surface area contributed by atoms with E-state index in [2.05, 4.69) is 5.32 Å². The highest BCUT2D eigenvalue weighted by Gasteiger charge is 2.21. The zero-order valence-electron chi connectivity index (χ0n) is 10.1. The Hall–Kier alpha value is -2.81. The molecule has 100 valence electrons. The number of nitrogens with zero attached hydrogens (tertiary/aromatic N) is 1. The minimum atomic E-state index is -0.678. The molecule has 2 aromatic carbocycles. The minimum absolute atomic E-state index is 0.00913. The molecule has 0 aromatic heterocycles. The molecule has 20 heavy (non-hydrogen) atoms. The maximum absolute atomic E-state index is 13.8. The Balaban J connectivity index is 1.98. The summed E-state index contributed by atoms with van der Waals surface area (Å²) in [7, 11) is 0. The first kappa shape index (κ1) is 12.2. The lowest BCUT2D eigenvalue weighted by molar-refractivity contribution is 0.174. The summed E-state index contributed by atoms with van der Waals surface area (Å²) in [6.07, 6.45) is 0. The summed E-state index contributed by atoms with van der Waals surface area (Å²) in [6.45, 7) is 0.00913. The molecule has 0 aliphatic carbocycles. The molecule has 2 aromatic rings. The molecule has 4 nitrogen and oxygen atoms in total. The van der Waals surface area contributed by atoms with Gasteiger partial charge in [-0.05, 0) is 30.3 Å². The van der Waals surface area contributed by atoms with Crippen LogP contribution >= 0.6 is 0 Å². The predicted octanol–water partition coefficient (Wildman–Crippen LogP) is 3.31. The van der Waals surface area contributed by atoms with E-state index in [0.717, 1.165) is 6.07 Å². The smallest absolute Gasteiger partial charge is 0.231 e. The predicted molar refractivity (Wildman–Crippen MR) is 66.9 cm³/mol. The SMILES string of the molecule is N#Cc1ccc(Nc2c(F)ccc3c2OCO3)cc1F. The van der Waals surface area contributed by atoms with Crippen LogP contribution in [0.1, 0.15) is 5.56 Å². The highest BCUT2D eigenvalue weighted by Crippen LogP contribution is 2.42. The molecule has 0 unspecified atom stereocenters. The Labute approximate surface area is 113 Å². The highest BCUT2D eigenvalue weighted by atomic mass is 19.1. The number of hydrogen-bond acceptors (Lipinski definition) is 4. The van der Waals surface area contributed by atoms with Crippen LogP contribution in [0.15, 0.2) is 30.3 Å². The van der Waals surface area contributed by atoms with Gasteiger partial charge in [-0.25, -0.2) is 8.78 Å². The molecule has 3 rings (SSSR count). The lowest BCUT2D eigenvalue weighted by Gasteiger charge is -2.10. The molecular formula is C14H8F2N2O2. The Morgan fingerprint density at radius 1 is 1.10 bits per heavy atom. The van der Waals surface area contributed by atoms with Gasteiger partial charge in [-0.1, -0.05) is 0 Å². The molecule has 0 fully saturated rings. The first-order valence-corrected chi connectivity index (χ1v) is 5.74. The van der Waals surface area contributed by atoms with Gasteiger partial charge in [-0.3, -0.25) is 0 Å². The quantitative estimate of drug-likeness (QED) is 0.912. The van der Waals surface area contributed by atoms with Crippen LogP contribution in [0.2, 0.25) is 0 Å². The third-order valence-corrected chi connectivity index (χ3v) is 2.85. The average molecular weight is 274 g/mol. The molecule has 1 aliphatic rings. The van der Waals surface area contributed by atoms with Gasteiger partial charge < -0.3 is 14.8 Å². The van der Waals surface area contributed by atoms with Crippen molar-refractivity contribution in [1.82, 2.24) is 0 Å². The molecule has 0 spiro atoms. The van der Waals surface area contributed by atoms with Gasteiger partial charge in [0.25, 0.3) is 0 Å². The van der Waals surface area contributed by atoms with Gasteiger partial charge in [-0.15, -0.1) is 0 Å². The van der Waals surface area contributed by atoms with E-state index in [4.69, 9.17) is 14.7 Å². The Morgan fingerprint density at radius 2 is 1.95 bits per heavy atom. The van der Waals surface area contributed by atoms with Crippen LogP contribution in [-0.4, -0.2) is 6.79 Å². The molecule has 6 heteroatoms. The number of benzene rings is 2. The van der Waals surface area contributed by atoms with Crippen molar-refractivity contribution < 1.29 is 18.3 Å². The first-order chi connectivity index (χ1) is 9.69. The summed E-state index contributed by atoms with van der Waals surface area (Å²) < 4.78 is 37.7. The van der Waals surface area contributed by atoms with Crippen LogP contribution in [0.3, 0.4) is 0 Å². The van der Waals surface area contributed by atoms with Crippen LogP contribution in [-0.2, 0) is 0 Å². The first-order valence-electron chi connectivity index (χ1n) is 5.74. The van der Waals surface area contributed by atoms with Crippen molar-refractivity contribution >= 4 is 11.4 Å². The van der Waals surface area contributed by atoms with Crippen molar-refractivity contribution in [3.05, 3.63) is 47.5 Å². The third kappa shape index (κ3) is 1.99. The number of fused-ring (bicyclic) bond motifs is 1. The summed E-state index contributed by atoms with van der Waals surface area (Å²) in [4.78, 5) is 0. The van der Waals surface area contributed by atoms with Crippen LogP contribution in [0.25, 0.3) is 0 Å². The van der Waals surface area contributed by atoms with Gasteiger partial charge in [0.15, 0.2) is 17.3 Å². The topological polar surface area (TPSA) is 54.3 Å². The summed E-state index contributed by atoms with van der Waals surface area (Å²) in [5.41, 5.74) is 0.308. The summed E-state index contributed by atoms with van der Waals surface area (Å²) in [5.74, 6) is -0.556. The van der Waals surface area contributed by atoms with E-state index in [0.29, 0.717) is 11.4 Å². The van der Waals surface area contributed by atoms with Gasteiger partial charge in [0, 0.05) is 5.69 Å². The second-order valence-electron chi connectivity index (χ2n) is 4.09. The van der Waals surface area contributed by atoms with Crippen molar-refractivity contribution in [3.8, 4) is 17.6 Å². The second-order valence-corrected chi connectivity index (χ2v) is 4.09. The van der Waals surface area contributed by atoms with Crippen LogP contribution in [0.5, 0.6) is 11.5 Å². The lowest BCUT2D eigenvalue weighted by Crippen LogP contribution is -1.98. The van der Waals surface area contributed by atoms with Crippen LogP contribution in [0.4, 0.5) is 20.2 Å². The Morgan fingerprint density at radius 3 is 2.70 bits per heavy atom. The minimum Gasteiger partial charge on any atom is -0.454 e. The van der Waals surface area contributed by atoms with Crippen molar-refractivity contribution in [2.45, 2.75) is 0 Å². The van der Waals surface area contributed by atoms with Gasteiger partial charge >= 0.3 is 0 Å². The standard InChI is InChI=1S/C14H8F2N2O2/c15-10-3-4-12-14(20-7-19-12)13(10)18-9-2-1-8(6-17)11(16)5-9/h1-5,18H,7H2. The van der Waals surface area contributed by atoms with Crippen molar-refractivity contribution in [2.75, 3.05) is 12.1 Å². The molecule has 0 saturated carbocycles. The molecular weight excluding hydrogens is 266 g/mol. The molecule has 1 N–H and O–H groups in total. The Bertz CT molecular complexity index is 726. The normalized spacial score (nSPS) is 12.1. The van der Waals surface area contributed by atoms with Crippen molar-refractivity contribution in [2.24, 2.45) is 0 Å². The number of rotatable bonds is 2. The number of nitrogens with one attached hydrogen (secondary N) is 1. The largest absolute Gasteiger partial charge is 0.454 e. The summed E-state index contributed by atoms with van der Waals surface area (Å²) in [6, 6.07) is 8.33. The summed E-state index contributed by atoms with van der Waals surface area (Å²) >= 11 is 0. The molecule has 1 aliphatic heterocycles. The van der Waals surface area contributed by atoms with E-state index in [-0.39, 0.29) is 23.8 Å². The molecule has 0 radical (unpaired) electrons. The monoisotopic (exact) mass is 274 g/mol. The molecule has 0 bridgehead atoms. The van der Waals surface area contributed by atoms with Gasteiger partial charge in [0.1, 0.15) is 17.6 Å². The highest BCUT2D eigenvalue weighted by molar-refractivity contribution is 5.71. The number of halogens is 2. The van der Waals surface area contributed by atoms with Crippen LogP contribution < -0.4 is 14.8 Å². The third-order valence-electron chi connectivity index (χ3n) is 2.85. The van der Waals surface area contributed by atoms with Gasteiger partial charge in [0.05, 0.1) is 5.56 Å². The van der Waals surface area contributed by atoms with E-state index >= 15 is 0 Å². The fraction of sp³-hybridized carbons (Fsp3) is 0.0714. The number of nitriles is 1. The zero-order chi connectivity index (χ0) is 14.1. The number of hydrogen-bond donors (Lipinski definition) is 1. The average Bonchev–Trinajstić information content (AvgIpc) is 2.91. The van der Waals surface area contributed by atoms with Crippen molar-refractivity contribution in [3.63, 3.8) is 0 Å². The van der Waals surface area contributed by atoms with E-state index in [1.165, 1.54) is 24.3 Å². The molecule has 0 saturated heterocycles. The molecule has 0 atom stereocenters. The molecule has 1 heterocycles. The van der Waals surface area contributed by atoms with Crippen LogP contribution in [0, 0.1) is 23.0 Å². The number of anilines is 2. The van der Waals surface area contributed by atoms with Gasteiger partial charge in [-0.2, -0.15) is 5.26 Å². The zero-order valence-corrected chi connectivity index (χ0v) is 10.1. The fourth-order valence-electron chi connectivity index (χ4n) is 1.89. The fourth-order valence-corrected chi connectivity index (χ4v) is 1.89. The Kier molecular flexibility index (Phi) is 2.88. The van der Waals surface area contributed by atoms with E-state index < -0.39 is 11.6 Å². The van der Waals surface area contributed by atoms with E-state index in [1.807, 2.05) is 0 Å². The lowest BCUT2D eigenvalue weighted by atomic mass is 10.2. The van der Waals surface area contributed by atoms with Gasteiger partial charge in [0.2, 0.25) is 6.79 Å². The van der Waals surface area contributed by atoms with Crippen molar-refractivity contribution in [1.29, 1.82) is 5.26 Å².